The van der Waals surface area contributed by atoms with Crippen molar-refractivity contribution >= 4 is 34.3 Å². The predicted molar refractivity (Wildman–Crippen MR) is 144 cm³/mol. The van der Waals surface area contributed by atoms with E-state index in [9.17, 15) is 15.2 Å². The second kappa shape index (κ2) is 9.76. The Morgan fingerprint density at radius 1 is 1.22 bits per heavy atom. The quantitative estimate of drug-likeness (QED) is 0.371. The summed E-state index contributed by atoms with van der Waals surface area (Å²) in [5.41, 5.74) is -0.259. The molecule has 0 bridgehead atoms. The van der Waals surface area contributed by atoms with E-state index in [0.29, 0.717) is 24.4 Å². The van der Waals surface area contributed by atoms with Crippen LogP contribution >= 0.6 is 0 Å². The molecule has 4 heterocycles. The largest absolute Gasteiger partial charge is 0.488 e. The van der Waals surface area contributed by atoms with E-state index >= 15 is 8.78 Å². The summed E-state index contributed by atoms with van der Waals surface area (Å²) in [6.45, 7) is 5.81. The molecule has 0 aliphatic carbocycles. The minimum Gasteiger partial charge on any atom is -0.488 e. The van der Waals surface area contributed by atoms with Gasteiger partial charge in [0.1, 0.15) is 47.6 Å². The van der Waals surface area contributed by atoms with Gasteiger partial charge in [0.2, 0.25) is 5.95 Å². The third kappa shape index (κ3) is 4.51. The van der Waals surface area contributed by atoms with E-state index in [1.807, 2.05) is 13.0 Å². The lowest BCUT2D eigenvalue weighted by atomic mass is 10.0. The Balaban J connectivity index is 1.42. The van der Waals surface area contributed by atoms with Gasteiger partial charge in [-0.15, -0.1) is 0 Å². The van der Waals surface area contributed by atoms with Crippen molar-refractivity contribution in [2.45, 2.75) is 32.4 Å². The van der Waals surface area contributed by atoms with E-state index in [4.69, 9.17) is 9.47 Å². The lowest BCUT2D eigenvalue weighted by Crippen LogP contribution is -2.41. The van der Waals surface area contributed by atoms with Crippen molar-refractivity contribution in [3.63, 3.8) is 0 Å². The summed E-state index contributed by atoms with van der Waals surface area (Å²) in [4.78, 5) is 26.5. The Kier molecular flexibility index (Phi) is 6.32. The van der Waals surface area contributed by atoms with Gasteiger partial charge in [-0.2, -0.15) is 5.26 Å². The first-order valence-corrected chi connectivity index (χ1v) is 12.9. The molecule has 0 unspecified atom stereocenters. The number of halogens is 2. The van der Waals surface area contributed by atoms with Crippen LogP contribution in [0.5, 0.6) is 5.75 Å². The smallest absolute Gasteiger partial charge is 0.253 e. The number of aliphatic hydroxyl groups is 1. The first-order valence-electron chi connectivity index (χ1n) is 12.9. The lowest BCUT2D eigenvalue weighted by Gasteiger charge is -2.28. The number of hydrogen-bond donors (Lipinski definition) is 2. The van der Waals surface area contributed by atoms with Crippen molar-refractivity contribution in [3.8, 4) is 23.1 Å². The number of nitrogens with one attached hydrogen (secondary N) is 1. The number of anilines is 3. The average Bonchev–Trinajstić information content (AvgIpc) is 3.37. The van der Waals surface area contributed by atoms with E-state index in [1.54, 1.807) is 24.5 Å². The minimum atomic E-state index is -1.35. The molecule has 2 aromatic heterocycles. The maximum atomic E-state index is 15.5. The van der Waals surface area contributed by atoms with Crippen molar-refractivity contribution < 1.29 is 28.2 Å². The van der Waals surface area contributed by atoms with Crippen LogP contribution in [0.15, 0.2) is 30.5 Å². The molecule has 11 nitrogen and oxygen atoms in total. The first kappa shape index (κ1) is 26.5. The van der Waals surface area contributed by atoms with Crippen LogP contribution in [0.25, 0.3) is 22.3 Å². The molecule has 6 rings (SSSR count). The number of carbonyl (C=O) groups excluding carboxylic acids is 1. The highest BCUT2D eigenvalue weighted by Crippen LogP contribution is 2.44. The fraction of sp³-hybridized carbons (Fsp3) is 0.321. The first-order chi connectivity index (χ1) is 19.6. The number of ether oxygens (including phenoxy) is 2. The van der Waals surface area contributed by atoms with Crippen LogP contribution in [0.2, 0.25) is 0 Å². The number of amides is 1. The van der Waals surface area contributed by atoms with E-state index in [-0.39, 0.29) is 70.7 Å². The standard InChI is InChI=1S/C28H25F2N7O4/c1-14-12-41-25-17(9-19(30)23-24(25)37(14)26(34-23)28(2,3)39)22-15(10-31)11-32-27(35-22)33-20-5-4-16(8-18(20)29)36-6-7-40-13-21(36)38/h4-5,8-9,11,14,39H,6-7,12-13H2,1-3H3,(H,32,33,35)/t14-/m0/s1. The van der Waals surface area contributed by atoms with E-state index < -0.39 is 17.2 Å². The van der Waals surface area contributed by atoms with Crippen LogP contribution < -0.4 is 15.0 Å². The van der Waals surface area contributed by atoms with E-state index in [1.165, 1.54) is 29.3 Å². The number of benzene rings is 2. The van der Waals surface area contributed by atoms with Gasteiger partial charge in [-0.3, -0.25) is 4.79 Å². The molecule has 1 fully saturated rings. The molecular weight excluding hydrogens is 536 g/mol. The number of nitrogens with zero attached hydrogens (tertiary/aromatic N) is 6. The maximum absolute atomic E-state index is 15.5. The summed E-state index contributed by atoms with van der Waals surface area (Å²) in [5, 5.41) is 23.3. The van der Waals surface area contributed by atoms with Crippen LogP contribution in [-0.2, 0) is 15.1 Å². The van der Waals surface area contributed by atoms with Gasteiger partial charge in [-0.1, -0.05) is 0 Å². The van der Waals surface area contributed by atoms with Gasteiger partial charge in [-0.05, 0) is 45.0 Å². The zero-order chi connectivity index (χ0) is 29.1. The molecule has 2 N–H and O–H groups in total. The summed E-state index contributed by atoms with van der Waals surface area (Å²) in [7, 11) is 0. The molecule has 1 amide bonds. The molecule has 13 heteroatoms. The van der Waals surface area contributed by atoms with Gasteiger partial charge in [0.15, 0.2) is 11.6 Å². The van der Waals surface area contributed by atoms with Crippen molar-refractivity contribution in [1.29, 1.82) is 5.26 Å². The Bertz CT molecular complexity index is 1760. The highest BCUT2D eigenvalue weighted by Gasteiger charge is 2.34. The zero-order valence-electron chi connectivity index (χ0n) is 22.4. The summed E-state index contributed by atoms with van der Waals surface area (Å²) in [6.07, 6.45) is 1.25. The number of aromatic nitrogens is 4. The van der Waals surface area contributed by atoms with Crippen molar-refractivity contribution in [2.75, 3.05) is 36.6 Å². The van der Waals surface area contributed by atoms with Crippen molar-refractivity contribution in [2.24, 2.45) is 0 Å². The molecule has 2 aliphatic rings. The Morgan fingerprint density at radius 3 is 2.73 bits per heavy atom. The number of hydrogen-bond acceptors (Lipinski definition) is 9. The van der Waals surface area contributed by atoms with Crippen LogP contribution in [0.1, 0.15) is 38.2 Å². The van der Waals surface area contributed by atoms with Gasteiger partial charge in [0.05, 0.1) is 35.8 Å². The fourth-order valence-electron chi connectivity index (χ4n) is 5.08. The van der Waals surface area contributed by atoms with Crippen LogP contribution in [0, 0.1) is 23.0 Å². The maximum Gasteiger partial charge on any atom is 0.253 e. The fourth-order valence-corrected chi connectivity index (χ4v) is 5.08. The monoisotopic (exact) mass is 561 g/mol. The SMILES string of the molecule is C[C@H]1COc2c(-c3nc(Nc4ccc(N5CCOCC5=O)cc4F)ncc3C#N)cc(F)c3nc(C(C)(C)O)n1c23. The number of rotatable bonds is 5. The van der Waals surface area contributed by atoms with Gasteiger partial charge < -0.3 is 29.4 Å². The Morgan fingerprint density at radius 2 is 2.02 bits per heavy atom. The second-order valence-electron chi connectivity index (χ2n) is 10.4. The molecule has 41 heavy (non-hydrogen) atoms. The minimum absolute atomic E-state index is 0.0271. The molecule has 1 atom stereocenters. The number of carbonyl (C=O) groups is 1. The average molecular weight is 562 g/mol. The summed E-state index contributed by atoms with van der Waals surface area (Å²) < 4.78 is 43.5. The highest BCUT2D eigenvalue weighted by atomic mass is 19.1. The van der Waals surface area contributed by atoms with Crippen LogP contribution in [-0.4, -0.2) is 56.9 Å². The second-order valence-corrected chi connectivity index (χ2v) is 10.4. The third-order valence-electron chi connectivity index (χ3n) is 6.99. The van der Waals surface area contributed by atoms with Gasteiger partial charge >= 0.3 is 0 Å². The van der Waals surface area contributed by atoms with Crippen LogP contribution in [0.3, 0.4) is 0 Å². The van der Waals surface area contributed by atoms with Crippen molar-refractivity contribution in [1.82, 2.24) is 19.5 Å². The van der Waals surface area contributed by atoms with Gasteiger partial charge in [-0.25, -0.2) is 23.7 Å². The summed E-state index contributed by atoms with van der Waals surface area (Å²) >= 11 is 0. The van der Waals surface area contributed by atoms with E-state index in [0.717, 1.165) is 0 Å². The highest BCUT2D eigenvalue weighted by molar-refractivity contribution is 5.95. The third-order valence-corrected chi connectivity index (χ3v) is 6.99. The Hall–Kier alpha value is -4.67. The Labute approximate surface area is 233 Å². The topological polar surface area (TPSA) is 138 Å². The molecule has 2 aromatic carbocycles. The van der Waals surface area contributed by atoms with Gasteiger partial charge in [0.25, 0.3) is 5.91 Å². The molecular formula is C28H25F2N7O4. The van der Waals surface area contributed by atoms with Crippen LogP contribution in [0.4, 0.5) is 26.1 Å². The van der Waals surface area contributed by atoms with E-state index in [2.05, 4.69) is 20.3 Å². The lowest BCUT2D eigenvalue weighted by molar-refractivity contribution is -0.125. The number of morpholine rings is 1. The summed E-state index contributed by atoms with van der Waals surface area (Å²) in [5.74, 6) is -1.11. The van der Waals surface area contributed by atoms with Gasteiger partial charge in [0, 0.05) is 17.8 Å². The molecule has 2 aliphatic heterocycles. The predicted octanol–water partition coefficient (Wildman–Crippen LogP) is 3.93. The molecule has 0 radical (unpaired) electrons. The zero-order valence-corrected chi connectivity index (χ0v) is 22.4. The molecule has 4 aromatic rings. The number of nitriles is 1. The van der Waals surface area contributed by atoms with Crippen molar-refractivity contribution in [3.05, 3.63) is 53.5 Å². The molecule has 0 spiro atoms. The normalized spacial score (nSPS) is 17.0. The summed E-state index contributed by atoms with van der Waals surface area (Å²) in [6, 6.07) is 7.21. The molecule has 1 saturated heterocycles. The molecule has 210 valence electrons. The number of imidazole rings is 1. The molecule has 0 saturated carbocycles.